The largest absolute Gasteiger partial charge is 0.348 e. The van der Waals surface area contributed by atoms with Gasteiger partial charge in [0.1, 0.15) is 5.82 Å². The van der Waals surface area contributed by atoms with E-state index in [4.69, 9.17) is 4.98 Å². The van der Waals surface area contributed by atoms with Crippen LogP contribution < -0.4 is 5.32 Å². The number of aryl methyl sites for hydroxylation is 2. The quantitative estimate of drug-likeness (QED) is 0.365. The molecule has 0 aromatic carbocycles. The fourth-order valence-electron chi connectivity index (χ4n) is 7.47. The summed E-state index contributed by atoms with van der Waals surface area (Å²) in [5.41, 5.74) is 2.75. The van der Waals surface area contributed by atoms with Gasteiger partial charge in [-0.2, -0.15) is 4.39 Å². The van der Waals surface area contributed by atoms with Crippen molar-refractivity contribution in [2.24, 2.45) is 5.92 Å². The van der Waals surface area contributed by atoms with Crippen LogP contribution in [-0.4, -0.2) is 39.0 Å². The van der Waals surface area contributed by atoms with E-state index in [1.807, 2.05) is 6.07 Å². The van der Waals surface area contributed by atoms with Gasteiger partial charge in [0.25, 0.3) is 0 Å². The van der Waals surface area contributed by atoms with Gasteiger partial charge >= 0.3 is 0 Å². The summed E-state index contributed by atoms with van der Waals surface area (Å²) < 4.78 is 16.5. The van der Waals surface area contributed by atoms with Crippen molar-refractivity contribution < 1.29 is 9.18 Å². The Morgan fingerprint density at radius 3 is 2.46 bits per heavy atom. The van der Waals surface area contributed by atoms with Crippen LogP contribution >= 0.6 is 11.3 Å². The van der Waals surface area contributed by atoms with Crippen LogP contribution in [-0.2, 0) is 17.6 Å². The number of imidazole rings is 1. The zero-order valence-electron chi connectivity index (χ0n) is 23.0. The Labute approximate surface area is 226 Å². The highest BCUT2D eigenvalue weighted by molar-refractivity contribution is 7.10. The van der Waals surface area contributed by atoms with Gasteiger partial charge in [0, 0.05) is 41.2 Å². The predicted molar refractivity (Wildman–Crippen MR) is 148 cm³/mol. The fourth-order valence-corrected chi connectivity index (χ4v) is 8.29. The van der Waals surface area contributed by atoms with Crippen molar-refractivity contribution in [1.82, 2.24) is 19.8 Å². The van der Waals surface area contributed by atoms with Crippen LogP contribution in [0.5, 0.6) is 0 Å². The predicted octanol–water partition coefficient (Wildman–Crippen LogP) is 6.90. The number of hydrogen-bond donors (Lipinski definition) is 1. The number of amides is 1. The zero-order valence-corrected chi connectivity index (χ0v) is 23.8. The number of carbonyl (C=O) groups excluding carboxylic acids is 1. The molecule has 2 unspecified atom stereocenters. The van der Waals surface area contributed by atoms with Crippen LogP contribution in [0, 0.1) is 18.0 Å². The minimum atomic E-state index is -0.169. The number of carbonyl (C=O) groups is 1. The maximum Gasteiger partial charge on any atom is 0.223 e. The number of thiophene rings is 1. The fraction of sp³-hybridized carbons (Fsp3) is 0.733. The third kappa shape index (κ3) is 5.83. The topological polar surface area (TPSA) is 50.2 Å². The monoisotopic (exact) mass is 528 g/mol. The Morgan fingerprint density at radius 1 is 1.11 bits per heavy atom. The number of piperidine rings is 1. The van der Waals surface area contributed by atoms with Crippen LogP contribution in [0.25, 0.3) is 0 Å². The average molecular weight is 529 g/mol. The van der Waals surface area contributed by atoms with Crippen LogP contribution in [0.1, 0.15) is 119 Å². The summed E-state index contributed by atoms with van der Waals surface area (Å²) in [6.45, 7) is 7.64. The Kier molecular flexibility index (Phi) is 8.70. The van der Waals surface area contributed by atoms with Gasteiger partial charge in [0.2, 0.25) is 5.91 Å². The van der Waals surface area contributed by atoms with Crippen LogP contribution in [0.3, 0.4) is 0 Å². The number of rotatable bonds is 10. The van der Waals surface area contributed by atoms with Gasteiger partial charge in [-0.3, -0.25) is 9.69 Å². The maximum atomic E-state index is 13.9. The molecule has 0 radical (unpaired) electrons. The van der Waals surface area contributed by atoms with E-state index >= 15 is 0 Å². The van der Waals surface area contributed by atoms with Gasteiger partial charge in [-0.15, -0.1) is 11.3 Å². The number of nitrogens with one attached hydrogen (secondary N) is 1. The number of nitrogens with zero attached hydrogens (tertiary/aromatic N) is 3. The average Bonchev–Trinajstić information content (AvgIpc) is 3.54. The molecule has 5 nitrogen and oxygen atoms in total. The lowest BCUT2D eigenvalue weighted by Gasteiger charge is -2.41. The number of aromatic nitrogens is 2. The Hall–Kier alpha value is -1.73. The molecule has 3 aliphatic rings. The first-order valence-electron chi connectivity index (χ1n) is 14.9. The van der Waals surface area contributed by atoms with E-state index in [2.05, 4.69) is 35.6 Å². The van der Waals surface area contributed by atoms with Crippen molar-refractivity contribution in [2.75, 3.05) is 6.54 Å². The van der Waals surface area contributed by atoms with E-state index in [0.717, 1.165) is 62.8 Å². The molecule has 3 fully saturated rings. The lowest BCUT2D eigenvalue weighted by Crippen LogP contribution is -2.45. The standard InChI is InChI=1S/C30H45FN4OS/c1-4-9-27-25(5-2)32-20(3)35(27)24-18-22-12-13-23(19-24)34(22)17-16-26(28-14-15-29(31)37-28)33-30(36)21-10-7-6-8-11-21/h14-15,21-24,26H,4-13,16-19H2,1-3H3,(H,33,36)/t22?,23?,24?,26-/m0/s1. The smallest absolute Gasteiger partial charge is 0.223 e. The molecule has 1 aliphatic carbocycles. The van der Waals surface area contributed by atoms with Crippen LogP contribution in [0.4, 0.5) is 4.39 Å². The normalized spacial score (nSPS) is 25.5. The molecule has 3 atom stereocenters. The Bertz CT molecular complexity index is 1040. The summed E-state index contributed by atoms with van der Waals surface area (Å²) in [6.07, 6.45) is 14.5. The molecule has 7 heteroatoms. The zero-order chi connectivity index (χ0) is 25.9. The molecule has 4 heterocycles. The summed E-state index contributed by atoms with van der Waals surface area (Å²) in [7, 11) is 0. The molecule has 1 N–H and O–H groups in total. The van der Waals surface area contributed by atoms with Crippen molar-refractivity contribution in [1.29, 1.82) is 0 Å². The molecule has 1 saturated carbocycles. The first-order chi connectivity index (χ1) is 18.0. The van der Waals surface area contributed by atoms with E-state index in [0.29, 0.717) is 18.1 Å². The molecule has 204 valence electrons. The van der Waals surface area contributed by atoms with Crippen LogP contribution in [0.2, 0.25) is 0 Å². The number of halogens is 1. The summed E-state index contributed by atoms with van der Waals surface area (Å²) in [5, 5.41) is 3.18. The lowest BCUT2D eigenvalue weighted by molar-refractivity contribution is -0.126. The van der Waals surface area contributed by atoms with Crippen molar-refractivity contribution in [3.05, 3.63) is 39.4 Å². The highest BCUT2D eigenvalue weighted by atomic mass is 32.1. The minimum absolute atomic E-state index is 0.0970. The minimum Gasteiger partial charge on any atom is -0.348 e. The highest BCUT2D eigenvalue weighted by Gasteiger charge is 2.42. The van der Waals surface area contributed by atoms with Gasteiger partial charge in [-0.1, -0.05) is 39.5 Å². The maximum absolute atomic E-state index is 13.9. The third-order valence-corrected chi connectivity index (χ3v) is 10.2. The van der Waals surface area contributed by atoms with Gasteiger partial charge in [-0.05, 0) is 76.8 Å². The van der Waals surface area contributed by atoms with Gasteiger partial charge in [-0.25, -0.2) is 4.98 Å². The molecule has 1 amide bonds. The molecular weight excluding hydrogens is 483 g/mol. The molecule has 2 saturated heterocycles. The number of fused-ring (bicyclic) bond motifs is 2. The first-order valence-corrected chi connectivity index (χ1v) is 15.7. The molecule has 2 bridgehead atoms. The first kappa shape index (κ1) is 26.9. The lowest BCUT2D eigenvalue weighted by atomic mass is 9.88. The Balaban J connectivity index is 1.26. The summed E-state index contributed by atoms with van der Waals surface area (Å²) in [6, 6.07) is 5.02. The summed E-state index contributed by atoms with van der Waals surface area (Å²) >= 11 is 1.19. The molecule has 2 aliphatic heterocycles. The molecular formula is C30H45FN4OS. The number of hydrogen-bond acceptors (Lipinski definition) is 4. The van der Waals surface area contributed by atoms with Crippen molar-refractivity contribution in [3.63, 3.8) is 0 Å². The van der Waals surface area contributed by atoms with Crippen molar-refractivity contribution >= 4 is 17.2 Å². The third-order valence-electron chi connectivity index (χ3n) is 9.22. The molecule has 2 aromatic rings. The van der Waals surface area contributed by atoms with E-state index in [1.54, 1.807) is 6.07 Å². The molecule has 2 aromatic heterocycles. The second-order valence-corrected chi connectivity index (χ2v) is 12.7. The SMILES string of the molecule is CCCc1c(CC)nc(C)n1C1CC2CCC(C1)N2CC[C@H](NC(=O)C1CCCCC1)c1ccc(F)s1. The second kappa shape index (κ2) is 12.0. The van der Waals surface area contributed by atoms with E-state index in [9.17, 15) is 9.18 Å². The van der Waals surface area contributed by atoms with Crippen LogP contribution in [0.15, 0.2) is 12.1 Å². The van der Waals surface area contributed by atoms with Gasteiger partial charge < -0.3 is 9.88 Å². The Morgan fingerprint density at radius 2 is 1.84 bits per heavy atom. The van der Waals surface area contributed by atoms with Gasteiger partial charge in [0.05, 0.1) is 11.7 Å². The van der Waals surface area contributed by atoms with E-state index in [1.165, 1.54) is 60.7 Å². The highest BCUT2D eigenvalue weighted by Crippen LogP contribution is 2.43. The van der Waals surface area contributed by atoms with E-state index in [-0.39, 0.29) is 23.0 Å². The van der Waals surface area contributed by atoms with E-state index < -0.39 is 0 Å². The summed E-state index contributed by atoms with van der Waals surface area (Å²) in [4.78, 5) is 21.7. The van der Waals surface area contributed by atoms with Crippen molar-refractivity contribution in [2.45, 2.75) is 128 Å². The van der Waals surface area contributed by atoms with Crippen molar-refractivity contribution in [3.8, 4) is 0 Å². The van der Waals surface area contributed by atoms with Gasteiger partial charge in [0.15, 0.2) is 5.13 Å². The molecule has 5 rings (SSSR count). The molecule has 37 heavy (non-hydrogen) atoms. The summed E-state index contributed by atoms with van der Waals surface area (Å²) in [5.74, 6) is 1.48. The molecule has 0 spiro atoms. The second-order valence-electron chi connectivity index (χ2n) is 11.6.